The maximum atomic E-state index is 15.0. The van der Waals surface area contributed by atoms with Gasteiger partial charge in [0, 0.05) is 24.6 Å². The van der Waals surface area contributed by atoms with Crippen molar-refractivity contribution in [1.82, 2.24) is 15.6 Å². The number of hydrogen-bond donors (Lipinski definition) is 4. The summed E-state index contributed by atoms with van der Waals surface area (Å²) in [5, 5.41) is 7.98. The Balaban J connectivity index is 1.47. The van der Waals surface area contributed by atoms with Gasteiger partial charge in [-0.1, -0.05) is 18.2 Å². The van der Waals surface area contributed by atoms with Gasteiger partial charge in [-0.15, -0.1) is 0 Å². The molecule has 1 aromatic heterocycles. The van der Waals surface area contributed by atoms with E-state index in [-0.39, 0.29) is 42.9 Å². The van der Waals surface area contributed by atoms with E-state index in [1.54, 1.807) is 56.3 Å². The molecule has 1 aliphatic heterocycles. The Kier molecular flexibility index (Phi) is 8.14. The third-order valence-electron chi connectivity index (χ3n) is 7.09. The van der Waals surface area contributed by atoms with Crippen LogP contribution in [0.2, 0.25) is 0 Å². The number of nitrogens with two attached hydrogens (primary N) is 1. The molecule has 0 aliphatic carbocycles. The monoisotopic (exact) mass is 590 g/mol. The Labute approximate surface area is 246 Å². The van der Waals surface area contributed by atoms with Gasteiger partial charge in [0.05, 0.1) is 23.5 Å². The molecule has 43 heavy (non-hydrogen) atoms. The van der Waals surface area contributed by atoms with E-state index in [1.165, 1.54) is 18.0 Å². The van der Waals surface area contributed by atoms with Crippen molar-refractivity contribution < 1.29 is 27.6 Å². The quantitative estimate of drug-likeness (QED) is 0.248. The predicted octanol–water partition coefficient (Wildman–Crippen LogP) is 4.62. The van der Waals surface area contributed by atoms with Crippen LogP contribution >= 0.6 is 0 Å². The molecule has 0 spiro atoms. The average molecular weight is 591 g/mol. The van der Waals surface area contributed by atoms with Crippen molar-refractivity contribution in [2.45, 2.75) is 51.2 Å². The van der Waals surface area contributed by atoms with Crippen LogP contribution in [-0.2, 0) is 22.6 Å². The van der Waals surface area contributed by atoms with Crippen LogP contribution in [0.1, 0.15) is 37.8 Å². The highest BCUT2D eigenvalue weighted by Gasteiger charge is 2.34. The number of carbonyl (C=O) groups excluding carboxylic acids is 3. The number of aromatic nitrogens is 1. The van der Waals surface area contributed by atoms with Crippen LogP contribution in [0.3, 0.4) is 0 Å². The Morgan fingerprint density at radius 3 is 2.65 bits per heavy atom. The average Bonchev–Trinajstić information content (AvgIpc) is 3.33. The minimum absolute atomic E-state index is 0.00138. The van der Waals surface area contributed by atoms with Crippen LogP contribution in [0, 0.1) is 11.6 Å². The Morgan fingerprint density at radius 1 is 1.14 bits per heavy atom. The van der Waals surface area contributed by atoms with Crippen molar-refractivity contribution in [1.29, 1.82) is 0 Å². The van der Waals surface area contributed by atoms with Crippen LogP contribution in [0.25, 0.3) is 22.6 Å². The standard InChI is InChI=1S/C31H32F2N6O4/c1-31(2,34)15-26(40)36-22-11-9-19-24(12-10-20(32)27(19)33)39(29(22)41)16-17-8-13-25-23(14-17)37-28(43-25)18-6-4-5-7-21(18)38-30(42)35-3/h4-8,10,12-14,22H,9,11,15-16,34H2,1-3H3,(H,36,40)(H2,35,38,42)/t22-/m1/s1. The highest BCUT2D eigenvalue weighted by atomic mass is 19.2. The molecule has 0 fully saturated rings. The van der Waals surface area contributed by atoms with Crippen molar-refractivity contribution in [2.75, 3.05) is 17.3 Å². The van der Waals surface area contributed by atoms with Crippen LogP contribution in [0.4, 0.5) is 25.0 Å². The van der Waals surface area contributed by atoms with Gasteiger partial charge in [-0.25, -0.2) is 18.6 Å². The molecule has 5 N–H and O–H groups in total. The molecule has 4 aromatic rings. The molecule has 12 heteroatoms. The topological polar surface area (TPSA) is 143 Å². The molecule has 5 rings (SSSR count). The van der Waals surface area contributed by atoms with Gasteiger partial charge < -0.3 is 31.0 Å². The number of para-hydroxylation sites is 1. The smallest absolute Gasteiger partial charge is 0.318 e. The number of carbonyl (C=O) groups is 3. The molecule has 4 amide bonds. The lowest BCUT2D eigenvalue weighted by Crippen LogP contribution is -2.49. The van der Waals surface area contributed by atoms with E-state index in [4.69, 9.17) is 10.2 Å². The molecule has 10 nitrogen and oxygen atoms in total. The Hall–Kier alpha value is -4.84. The van der Waals surface area contributed by atoms with Gasteiger partial charge in [0.2, 0.25) is 17.7 Å². The van der Waals surface area contributed by atoms with Gasteiger partial charge in [0.25, 0.3) is 0 Å². The van der Waals surface area contributed by atoms with Crippen LogP contribution in [0.5, 0.6) is 0 Å². The highest BCUT2D eigenvalue weighted by molar-refractivity contribution is 6.00. The van der Waals surface area contributed by atoms with E-state index in [0.717, 1.165) is 6.07 Å². The lowest BCUT2D eigenvalue weighted by molar-refractivity contribution is -0.128. The predicted molar refractivity (Wildman–Crippen MR) is 158 cm³/mol. The first-order valence-corrected chi connectivity index (χ1v) is 13.8. The SMILES string of the molecule is CNC(=O)Nc1ccccc1-c1nc2cc(CN3C(=O)[C@H](NC(=O)CC(C)(C)N)CCc4c3ccc(F)c4F)ccc2o1. The number of nitrogens with zero attached hydrogens (tertiary/aromatic N) is 2. The van der Waals surface area contributed by atoms with E-state index < -0.39 is 41.1 Å². The summed E-state index contributed by atoms with van der Waals surface area (Å²) in [5.41, 5.74) is 8.16. The maximum absolute atomic E-state index is 15.0. The summed E-state index contributed by atoms with van der Waals surface area (Å²) in [6, 6.07) is 13.2. The zero-order chi connectivity index (χ0) is 30.9. The molecular weight excluding hydrogens is 558 g/mol. The van der Waals surface area contributed by atoms with E-state index in [2.05, 4.69) is 20.9 Å². The summed E-state index contributed by atoms with van der Waals surface area (Å²) >= 11 is 0. The Morgan fingerprint density at radius 2 is 1.91 bits per heavy atom. The van der Waals surface area contributed by atoms with E-state index in [0.29, 0.717) is 27.9 Å². The van der Waals surface area contributed by atoms with Gasteiger partial charge in [-0.2, -0.15) is 0 Å². The van der Waals surface area contributed by atoms with Crippen molar-refractivity contribution in [2.24, 2.45) is 5.73 Å². The molecule has 0 bridgehead atoms. The first-order valence-electron chi connectivity index (χ1n) is 13.8. The molecule has 0 radical (unpaired) electrons. The molecule has 0 unspecified atom stereocenters. The van der Waals surface area contributed by atoms with Crippen LogP contribution in [-0.4, -0.2) is 41.5 Å². The van der Waals surface area contributed by atoms with Crippen molar-refractivity contribution in [3.8, 4) is 11.5 Å². The van der Waals surface area contributed by atoms with Crippen molar-refractivity contribution >= 4 is 40.3 Å². The molecule has 1 aliphatic rings. The van der Waals surface area contributed by atoms with Gasteiger partial charge in [-0.3, -0.25) is 9.59 Å². The lowest BCUT2D eigenvalue weighted by Gasteiger charge is -2.27. The Bertz CT molecular complexity index is 1710. The molecular formula is C31H32F2N6O4. The first kappa shape index (κ1) is 29.6. The second-order valence-corrected chi connectivity index (χ2v) is 11.2. The van der Waals surface area contributed by atoms with Crippen LogP contribution < -0.4 is 26.6 Å². The summed E-state index contributed by atoms with van der Waals surface area (Å²) in [5.74, 6) is -2.63. The molecule has 2 heterocycles. The fourth-order valence-electron chi connectivity index (χ4n) is 5.08. The summed E-state index contributed by atoms with van der Waals surface area (Å²) in [7, 11) is 1.51. The number of fused-ring (bicyclic) bond motifs is 2. The van der Waals surface area contributed by atoms with Gasteiger partial charge in [-0.05, 0) is 68.7 Å². The van der Waals surface area contributed by atoms with E-state index >= 15 is 0 Å². The number of benzene rings is 3. The molecule has 0 saturated heterocycles. The number of hydrogen-bond acceptors (Lipinski definition) is 6. The number of urea groups is 1. The second kappa shape index (κ2) is 11.8. The van der Waals surface area contributed by atoms with Gasteiger partial charge >= 0.3 is 6.03 Å². The number of anilines is 2. The summed E-state index contributed by atoms with van der Waals surface area (Å²) in [6.07, 6.45) is 0.127. The van der Waals surface area contributed by atoms with Gasteiger partial charge in [0.15, 0.2) is 17.2 Å². The van der Waals surface area contributed by atoms with E-state index in [1.807, 2.05) is 0 Å². The third-order valence-corrected chi connectivity index (χ3v) is 7.09. The minimum atomic E-state index is -1.02. The lowest BCUT2D eigenvalue weighted by atomic mass is 10.0. The molecule has 0 saturated carbocycles. The molecule has 1 atom stereocenters. The maximum Gasteiger partial charge on any atom is 0.318 e. The molecule has 3 aromatic carbocycles. The highest BCUT2D eigenvalue weighted by Crippen LogP contribution is 2.34. The fraction of sp³-hybridized carbons (Fsp3) is 0.290. The largest absolute Gasteiger partial charge is 0.436 e. The zero-order valence-corrected chi connectivity index (χ0v) is 24.0. The first-order chi connectivity index (χ1) is 20.4. The number of amides is 4. The number of nitrogens with one attached hydrogen (secondary N) is 3. The normalized spacial score (nSPS) is 15.2. The fourth-order valence-corrected chi connectivity index (χ4v) is 5.08. The third kappa shape index (κ3) is 6.49. The number of rotatable bonds is 7. The van der Waals surface area contributed by atoms with Crippen molar-refractivity contribution in [3.05, 3.63) is 77.4 Å². The summed E-state index contributed by atoms with van der Waals surface area (Å²) in [4.78, 5) is 44.3. The number of halogens is 2. The molecule has 224 valence electrons. The zero-order valence-electron chi connectivity index (χ0n) is 24.0. The van der Waals surface area contributed by atoms with Crippen molar-refractivity contribution in [3.63, 3.8) is 0 Å². The minimum Gasteiger partial charge on any atom is -0.436 e. The second-order valence-electron chi connectivity index (χ2n) is 11.2. The van der Waals surface area contributed by atoms with E-state index in [9.17, 15) is 23.2 Å². The number of oxazole rings is 1. The summed E-state index contributed by atoms with van der Waals surface area (Å²) < 4.78 is 35.1. The van der Waals surface area contributed by atoms with Gasteiger partial charge in [0.1, 0.15) is 11.6 Å². The summed E-state index contributed by atoms with van der Waals surface area (Å²) in [6.45, 7) is 3.40. The van der Waals surface area contributed by atoms with Crippen LogP contribution in [0.15, 0.2) is 59.0 Å².